The summed E-state index contributed by atoms with van der Waals surface area (Å²) < 4.78 is 10.4. The van der Waals surface area contributed by atoms with E-state index in [1.807, 2.05) is 13.8 Å². The zero-order valence-corrected chi connectivity index (χ0v) is 14.9. The van der Waals surface area contributed by atoms with Gasteiger partial charge in [0.2, 0.25) is 0 Å². The van der Waals surface area contributed by atoms with Gasteiger partial charge in [0, 0.05) is 16.7 Å². The molecule has 0 aliphatic heterocycles. The molecule has 0 unspecified atom stereocenters. The lowest BCUT2D eigenvalue weighted by Gasteiger charge is -2.09. The molecule has 0 atom stereocenters. The lowest BCUT2D eigenvalue weighted by molar-refractivity contribution is -0.123. The van der Waals surface area contributed by atoms with Crippen LogP contribution in [0.5, 0.6) is 17.2 Å². The molecule has 2 aromatic carbocycles. The third-order valence-electron chi connectivity index (χ3n) is 3.41. The van der Waals surface area contributed by atoms with Crippen molar-refractivity contribution in [2.75, 3.05) is 13.7 Å². The summed E-state index contributed by atoms with van der Waals surface area (Å²) in [5.41, 5.74) is 4.54. The second-order valence-corrected chi connectivity index (χ2v) is 5.76. The fourth-order valence-corrected chi connectivity index (χ4v) is 2.21. The van der Waals surface area contributed by atoms with Crippen molar-refractivity contribution in [3.05, 3.63) is 52.0 Å². The minimum Gasteiger partial charge on any atom is -0.507 e. The van der Waals surface area contributed by atoms with E-state index in [-0.39, 0.29) is 12.4 Å². The summed E-state index contributed by atoms with van der Waals surface area (Å²) in [4.78, 5) is 11.8. The maximum atomic E-state index is 11.8. The predicted molar refractivity (Wildman–Crippen MR) is 96.8 cm³/mol. The summed E-state index contributed by atoms with van der Waals surface area (Å²) >= 11 is 6.09. The number of rotatable bonds is 6. The molecule has 0 saturated heterocycles. The van der Waals surface area contributed by atoms with Crippen molar-refractivity contribution in [1.82, 2.24) is 5.43 Å². The summed E-state index contributed by atoms with van der Waals surface area (Å²) in [5.74, 6) is 0.669. The molecule has 6 nitrogen and oxygen atoms in total. The molecule has 2 rings (SSSR count). The predicted octanol–water partition coefficient (Wildman–Crippen LogP) is 3.20. The summed E-state index contributed by atoms with van der Waals surface area (Å²) in [7, 11) is 1.51. The van der Waals surface area contributed by atoms with E-state index in [2.05, 4.69) is 10.5 Å². The number of nitrogens with zero attached hydrogens (tertiary/aromatic N) is 1. The van der Waals surface area contributed by atoms with Crippen LogP contribution in [0.1, 0.15) is 16.7 Å². The van der Waals surface area contributed by atoms with E-state index in [0.29, 0.717) is 22.1 Å². The maximum absolute atomic E-state index is 11.8. The van der Waals surface area contributed by atoms with Crippen LogP contribution in [0.2, 0.25) is 5.02 Å². The molecule has 0 radical (unpaired) electrons. The van der Waals surface area contributed by atoms with E-state index >= 15 is 0 Å². The lowest BCUT2D eigenvalue weighted by atomic mass is 10.1. The summed E-state index contributed by atoms with van der Waals surface area (Å²) in [5, 5.41) is 14.3. The van der Waals surface area contributed by atoms with Gasteiger partial charge >= 0.3 is 0 Å². The zero-order valence-electron chi connectivity index (χ0n) is 14.2. The molecule has 2 N–H and O–H groups in total. The molecule has 0 spiro atoms. The Hall–Kier alpha value is -2.73. The van der Waals surface area contributed by atoms with Gasteiger partial charge in [-0.2, -0.15) is 5.10 Å². The molecule has 0 saturated carbocycles. The number of phenolic OH excluding ortho intramolecular Hbond substituents is 1. The van der Waals surface area contributed by atoms with Crippen molar-refractivity contribution in [3.8, 4) is 17.2 Å². The van der Waals surface area contributed by atoms with E-state index in [1.165, 1.54) is 19.4 Å². The van der Waals surface area contributed by atoms with Crippen LogP contribution in [0.4, 0.5) is 0 Å². The van der Waals surface area contributed by atoms with Gasteiger partial charge in [-0.05, 0) is 49.2 Å². The Balaban J connectivity index is 1.88. The number of hydrogen-bond donors (Lipinski definition) is 2. The number of phenols is 1. The average Bonchev–Trinajstić information content (AvgIpc) is 2.59. The fourth-order valence-electron chi connectivity index (χ4n) is 2.10. The van der Waals surface area contributed by atoms with Crippen molar-refractivity contribution in [3.63, 3.8) is 0 Å². The molecule has 25 heavy (non-hydrogen) atoms. The zero-order chi connectivity index (χ0) is 18.4. The monoisotopic (exact) mass is 362 g/mol. The van der Waals surface area contributed by atoms with Gasteiger partial charge in [-0.1, -0.05) is 11.6 Å². The van der Waals surface area contributed by atoms with Gasteiger partial charge in [0.1, 0.15) is 17.2 Å². The summed E-state index contributed by atoms with van der Waals surface area (Å²) in [6, 6.07) is 8.29. The molecule has 132 valence electrons. The highest BCUT2D eigenvalue weighted by atomic mass is 35.5. The summed E-state index contributed by atoms with van der Waals surface area (Å²) in [6.07, 6.45) is 1.34. The van der Waals surface area contributed by atoms with Crippen LogP contribution >= 0.6 is 11.6 Å². The lowest BCUT2D eigenvalue weighted by Crippen LogP contribution is -2.24. The number of methoxy groups -OCH3 is 1. The van der Waals surface area contributed by atoms with Crippen molar-refractivity contribution < 1.29 is 19.4 Å². The highest BCUT2D eigenvalue weighted by Gasteiger charge is 2.06. The van der Waals surface area contributed by atoms with Crippen LogP contribution in [0.25, 0.3) is 0 Å². The minimum atomic E-state index is -0.422. The van der Waals surface area contributed by atoms with E-state index < -0.39 is 5.91 Å². The molecule has 0 fully saturated rings. The van der Waals surface area contributed by atoms with E-state index in [0.717, 1.165) is 11.1 Å². The number of nitrogens with one attached hydrogen (secondary N) is 1. The second-order valence-electron chi connectivity index (χ2n) is 5.38. The molecule has 0 bridgehead atoms. The van der Waals surface area contributed by atoms with Gasteiger partial charge in [0.25, 0.3) is 5.91 Å². The highest BCUT2D eigenvalue weighted by Crippen LogP contribution is 2.25. The quantitative estimate of drug-likeness (QED) is 0.611. The first-order valence-electron chi connectivity index (χ1n) is 7.49. The molecule has 7 heteroatoms. The first kappa shape index (κ1) is 18.6. The standard InChI is InChI=1S/C18H19ClN2O4/c1-11-6-15(7-12(2)18(11)19)25-10-17(23)21-20-9-13-4-5-14(24-3)8-16(13)22/h4-9,22H,10H2,1-3H3,(H,21,23)/b20-9-. The molecule has 0 aromatic heterocycles. The normalized spacial score (nSPS) is 10.7. The van der Waals surface area contributed by atoms with Crippen molar-refractivity contribution >= 4 is 23.7 Å². The Morgan fingerprint density at radius 2 is 1.92 bits per heavy atom. The second kappa shape index (κ2) is 8.39. The number of benzene rings is 2. The van der Waals surface area contributed by atoms with Gasteiger partial charge in [-0.3, -0.25) is 4.79 Å². The van der Waals surface area contributed by atoms with Crippen LogP contribution in [-0.2, 0) is 4.79 Å². The van der Waals surface area contributed by atoms with Crippen molar-refractivity contribution in [2.45, 2.75) is 13.8 Å². The number of halogens is 1. The topological polar surface area (TPSA) is 80.2 Å². The van der Waals surface area contributed by atoms with Gasteiger partial charge in [0.05, 0.1) is 13.3 Å². The number of carbonyl (C=O) groups excluding carboxylic acids is 1. The number of aryl methyl sites for hydroxylation is 2. The van der Waals surface area contributed by atoms with Crippen LogP contribution in [0.3, 0.4) is 0 Å². The molecule has 0 heterocycles. The van der Waals surface area contributed by atoms with E-state index in [9.17, 15) is 9.90 Å². The molecule has 0 aliphatic carbocycles. The van der Waals surface area contributed by atoms with E-state index in [1.54, 1.807) is 24.3 Å². The average molecular weight is 363 g/mol. The maximum Gasteiger partial charge on any atom is 0.277 e. The number of hydrazone groups is 1. The smallest absolute Gasteiger partial charge is 0.277 e. The van der Waals surface area contributed by atoms with Crippen LogP contribution in [-0.4, -0.2) is 30.9 Å². The number of hydrogen-bond acceptors (Lipinski definition) is 5. The molecular formula is C18H19ClN2O4. The number of aromatic hydroxyl groups is 1. The SMILES string of the molecule is COc1ccc(/C=N\NC(=O)COc2cc(C)c(Cl)c(C)c2)c(O)c1. The summed E-state index contributed by atoms with van der Waals surface area (Å²) in [6.45, 7) is 3.55. The minimum absolute atomic E-state index is 0.000661. The number of ether oxygens (including phenoxy) is 2. The number of amides is 1. The Bertz CT molecular complexity index is 783. The van der Waals surface area contributed by atoms with Gasteiger partial charge in [0.15, 0.2) is 6.61 Å². The largest absolute Gasteiger partial charge is 0.507 e. The van der Waals surface area contributed by atoms with Crippen LogP contribution in [0, 0.1) is 13.8 Å². The highest BCUT2D eigenvalue weighted by molar-refractivity contribution is 6.32. The molecule has 2 aromatic rings. The number of carbonyl (C=O) groups is 1. The Morgan fingerprint density at radius 3 is 2.52 bits per heavy atom. The Kier molecular flexibility index (Phi) is 6.25. The van der Waals surface area contributed by atoms with Crippen molar-refractivity contribution in [2.24, 2.45) is 5.10 Å². The van der Waals surface area contributed by atoms with Crippen molar-refractivity contribution in [1.29, 1.82) is 0 Å². The third-order valence-corrected chi connectivity index (χ3v) is 4.01. The molecule has 0 aliphatic rings. The Morgan fingerprint density at radius 1 is 1.24 bits per heavy atom. The van der Waals surface area contributed by atoms with Crippen LogP contribution < -0.4 is 14.9 Å². The van der Waals surface area contributed by atoms with Gasteiger partial charge in [-0.25, -0.2) is 5.43 Å². The van der Waals surface area contributed by atoms with Gasteiger partial charge < -0.3 is 14.6 Å². The third kappa shape index (κ3) is 5.12. The first-order chi connectivity index (χ1) is 11.9. The van der Waals surface area contributed by atoms with Crippen LogP contribution in [0.15, 0.2) is 35.4 Å². The van der Waals surface area contributed by atoms with E-state index in [4.69, 9.17) is 21.1 Å². The molecule has 1 amide bonds. The first-order valence-corrected chi connectivity index (χ1v) is 7.87. The van der Waals surface area contributed by atoms with Gasteiger partial charge in [-0.15, -0.1) is 0 Å². The fraction of sp³-hybridized carbons (Fsp3) is 0.222. The molecular weight excluding hydrogens is 344 g/mol. The Labute approximate surface area is 151 Å².